The Kier molecular flexibility index (Phi) is 4.29. The molecule has 0 bridgehead atoms. The Balaban J connectivity index is 2.25. The summed E-state index contributed by atoms with van der Waals surface area (Å²) in [7, 11) is 0. The number of aromatic nitrogens is 6. The number of hydrogen-bond donors (Lipinski definition) is 0. The van der Waals surface area contributed by atoms with Gasteiger partial charge in [-0.3, -0.25) is 0 Å². The highest BCUT2D eigenvalue weighted by Crippen LogP contribution is 2.26. The number of tetrazole rings is 1. The molecule has 6 nitrogen and oxygen atoms in total. The van der Waals surface area contributed by atoms with Gasteiger partial charge in [-0.25, -0.2) is 4.98 Å². The maximum Gasteiger partial charge on any atom is 0.207 e. The third-order valence-corrected chi connectivity index (χ3v) is 4.45. The number of hydrogen-bond acceptors (Lipinski definition) is 4. The van der Waals surface area contributed by atoms with E-state index >= 15 is 0 Å². The van der Waals surface area contributed by atoms with Gasteiger partial charge < -0.3 is 4.57 Å². The molecule has 22 heavy (non-hydrogen) atoms. The molecular formula is C15H21ClN6. The molecule has 7 heteroatoms. The van der Waals surface area contributed by atoms with E-state index in [1.165, 1.54) is 5.56 Å². The predicted molar refractivity (Wildman–Crippen MR) is 87.5 cm³/mol. The molecule has 3 aromatic heterocycles. The van der Waals surface area contributed by atoms with Crippen molar-refractivity contribution in [3.63, 3.8) is 0 Å². The van der Waals surface area contributed by atoms with Gasteiger partial charge in [0.25, 0.3) is 0 Å². The number of rotatable bonds is 6. The summed E-state index contributed by atoms with van der Waals surface area (Å²) in [5.74, 6) is 1.82. The topological polar surface area (TPSA) is 60.9 Å². The fourth-order valence-corrected chi connectivity index (χ4v) is 3.13. The van der Waals surface area contributed by atoms with E-state index in [-0.39, 0.29) is 0 Å². The third-order valence-electron chi connectivity index (χ3n) is 4.18. The Morgan fingerprint density at radius 1 is 1.18 bits per heavy atom. The van der Waals surface area contributed by atoms with E-state index in [4.69, 9.17) is 16.6 Å². The molecule has 0 spiro atoms. The van der Waals surface area contributed by atoms with Crippen molar-refractivity contribution in [1.29, 1.82) is 0 Å². The number of halogens is 1. The van der Waals surface area contributed by atoms with E-state index in [9.17, 15) is 0 Å². The fourth-order valence-electron chi connectivity index (χ4n) is 2.95. The van der Waals surface area contributed by atoms with E-state index < -0.39 is 0 Å². The van der Waals surface area contributed by atoms with Crippen LogP contribution in [-0.4, -0.2) is 35.5 Å². The molecule has 0 N–H and O–H groups in total. The molecule has 0 fully saturated rings. The van der Waals surface area contributed by atoms with Gasteiger partial charge in [-0.1, -0.05) is 6.92 Å². The van der Waals surface area contributed by atoms with Crippen LogP contribution < -0.4 is 0 Å². The zero-order valence-electron chi connectivity index (χ0n) is 13.3. The zero-order valence-corrected chi connectivity index (χ0v) is 14.1. The Morgan fingerprint density at radius 3 is 2.73 bits per heavy atom. The zero-order chi connectivity index (χ0) is 15.7. The predicted octanol–water partition coefficient (Wildman–Crippen LogP) is 3.06. The normalized spacial score (nSPS) is 11.8. The molecule has 118 valence electrons. The van der Waals surface area contributed by atoms with Crippen molar-refractivity contribution in [2.75, 3.05) is 5.88 Å². The summed E-state index contributed by atoms with van der Waals surface area (Å²) >= 11 is 5.83. The molecule has 0 aromatic carbocycles. The molecule has 0 unspecified atom stereocenters. The van der Waals surface area contributed by atoms with Crippen LogP contribution in [-0.2, 0) is 13.0 Å². The van der Waals surface area contributed by atoms with Crippen molar-refractivity contribution < 1.29 is 0 Å². The molecule has 0 atom stereocenters. The summed E-state index contributed by atoms with van der Waals surface area (Å²) in [6, 6.07) is 0. The summed E-state index contributed by atoms with van der Waals surface area (Å²) in [6.07, 6.45) is 4.10. The minimum atomic E-state index is 0.700. The highest BCUT2D eigenvalue weighted by Gasteiger charge is 2.19. The highest BCUT2D eigenvalue weighted by molar-refractivity contribution is 6.17. The van der Waals surface area contributed by atoms with E-state index in [2.05, 4.69) is 33.9 Å². The number of nitrogens with zero attached hydrogens (tertiary/aromatic N) is 6. The molecule has 3 heterocycles. The fraction of sp³-hybridized carbons (Fsp3) is 0.600. The second-order valence-electron chi connectivity index (χ2n) is 5.65. The average molecular weight is 321 g/mol. The summed E-state index contributed by atoms with van der Waals surface area (Å²) in [4.78, 5) is 4.85. The van der Waals surface area contributed by atoms with E-state index in [1.54, 1.807) is 4.52 Å². The van der Waals surface area contributed by atoms with Gasteiger partial charge in [-0.05, 0) is 49.1 Å². The molecule has 0 aliphatic heterocycles. The largest absolute Gasteiger partial charge is 0.328 e. The Bertz CT molecular complexity index is 803. The Morgan fingerprint density at radius 2 is 2.00 bits per heavy atom. The summed E-state index contributed by atoms with van der Waals surface area (Å²) < 4.78 is 4.12. The minimum Gasteiger partial charge on any atom is -0.328 e. The average Bonchev–Trinajstić information content (AvgIpc) is 3.11. The number of aryl methyl sites for hydroxylation is 4. The van der Waals surface area contributed by atoms with Gasteiger partial charge in [-0.15, -0.1) is 16.7 Å². The number of imidazole rings is 1. The molecule has 0 saturated carbocycles. The van der Waals surface area contributed by atoms with Crippen LogP contribution in [0.5, 0.6) is 0 Å². The number of fused-ring (bicyclic) bond motifs is 3. The van der Waals surface area contributed by atoms with Crippen LogP contribution in [0.1, 0.15) is 43.3 Å². The van der Waals surface area contributed by atoms with Crippen molar-refractivity contribution in [3.05, 3.63) is 17.1 Å². The Labute approximate surface area is 134 Å². The van der Waals surface area contributed by atoms with Crippen LogP contribution in [0, 0.1) is 13.8 Å². The van der Waals surface area contributed by atoms with Crippen molar-refractivity contribution in [2.24, 2.45) is 0 Å². The van der Waals surface area contributed by atoms with Crippen molar-refractivity contribution in [1.82, 2.24) is 29.6 Å². The van der Waals surface area contributed by atoms with Gasteiger partial charge in [-0.2, -0.15) is 4.52 Å². The van der Waals surface area contributed by atoms with Crippen LogP contribution in [0.25, 0.3) is 16.7 Å². The lowest BCUT2D eigenvalue weighted by Crippen LogP contribution is -2.06. The molecule has 0 radical (unpaired) electrons. The lowest BCUT2D eigenvalue weighted by Gasteiger charge is -2.11. The third kappa shape index (κ3) is 2.35. The maximum atomic E-state index is 5.83. The summed E-state index contributed by atoms with van der Waals surface area (Å²) in [5, 5.41) is 12.1. The molecule has 3 aromatic rings. The van der Waals surface area contributed by atoms with Gasteiger partial charge >= 0.3 is 0 Å². The first-order valence-corrected chi connectivity index (χ1v) is 8.34. The molecule has 3 rings (SSSR count). The van der Waals surface area contributed by atoms with Gasteiger partial charge in [0.05, 0.1) is 5.52 Å². The number of pyridine rings is 1. The molecule has 0 saturated heterocycles. The monoisotopic (exact) mass is 320 g/mol. The smallest absolute Gasteiger partial charge is 0.207 e. The molecule has 0 amide bonds. The summed E-state index contributed by atoms with van der Waals surface area (Å²) in [6.45, 7) is 7.29. The first-order chi connectivity index (χ1) is 10.7. The Hall–Kier alpha value is -1.69. The van der Waals surface area contributed by atoms with Gasteiger partial charge in [0.1, 0.15) is 11.3 Å². The minimum absolute atomic E-state index is 0.700. The first-order valence-electron chi connectivity index (χ1n) is 7.81. The van der Waals surface area contributed by atoms with Crippen LogP contribution in [0.3, 0.4) is 0 Å². The lowest BCUT2D eigenvalue weighted by molar-refractivity contribution is 0.612. The maximum absolute atomic E-state index is 5.83. The second-order valence-corrected chi connectivity index (χ2v) is 6.03. The van der Waals surface area contributed by atoms with Crippen LogP contribution in [0.4, 0.5) is 0 Å². The van der Waals surface area contributed by atoms with E-state index in [0.717, 1.165) is 60.4 Å². The van der Waals surface area contributed by atoms with Gasteiger partial charge in [0.15, 0.2) is 0 Å². The van der Waals surface area contributed by atoms with Crippen LogP contribution >= 0.6 is 11.6 Å². The van der Waals surface area contributed by atoms with E-state index in [1.807, 2.05) is 6.92 Å². The van der Waals surface area contributed by atoms with Crippen molar-refractivity contribution >= 4 is 28.3 Å². The number of unbranched alkanes of at least 4 members (excludes halogenated alkanes) is 1. The molecular weight excluding hydrogens is 300 g/mol. The number of alkyl halides is 1. The first kappa shape index (κ1) is 15.2. The standard InChI is InChI=1S/C15H21ClN6/c1-4-7-12-17-13-14(21(12)9-6-5-8-16)10(2)11(3)22-15(13)18-19-20-22/h4-9H2,1-3H3. The lowest BCUT2D eigenvalue weighted by atomic mass is 10.2. The SMILES string of the molecule is CCCc1nc2c(c(C)c(C)n3nnnc23)n1CCCCCl. The van der Waals surface area contributed by atoms with Crippen molar-refractivity contribution in [2.45, 2.75) is 53.0 Å². The quantitative estimate of drug-likeness (QED) is 0.517. The second kappa shape index (κ2) is 6.20. The molecule has 0 aliphatic carbocycles. The van der Waals surface area contributed by atoms with Gasteiger partial charge in [0.2, 0.25) is 5.65 Å². The van der Waals surface area contributed by atoms with Crippen LogP contribution in [0.15, 0.2) is 0 Å². The van der Waals surface area contributed by atoms with Crippen LogP contribution in [0.2, 0.25) is 0 Å². The van der Waals surface area contributed by atoms with Gasteiger partial charge in [0, 0.05) is 24.5 Å². The summed E-state index contributed by atoms with van der Waals surface area (Å²) in [5.41, 5.74) is 5.07. The van der Waals surface area contributed by atoms with E-state index in [0.29, 0.717) is 5.88 Å². The highest BCUT2D eigenvalue weighted by atomic mass is 35.5. The molecule has 0 aliphatic rings. The van der Waals surface area contributed by atoms with Crippen molar-refractivity contribution in [3.8, 4) is 0 Å².